The van der Waals surface area contributed by atoms with Gasteiger partial charge in [-0.05, 0) is 59.3 Å². The first-order chi connectivity index (χ1) is 12.3. The largest absolute Gasteiger partial charge is 0.339 e. The van der Waals surface area contributed by atoms with E-state index in [1.165, 1.54) is 50.3 Å². The summed E-state index contributed by atoms with van der Waals surface area (Å²) in [4.78, 5) is 0. The van der Waals surface area contributed by atoms with Crippen LogP contribution in [0.15, 0.2) is 59.3 Å². The van der Waals surface area contributed by atoms with Crippen LogP contribution in [0, 0.1) is 0 Å². The Morgan fingerprint density at radius 1 is 0.520 bits per heavy atom. The molecule has 4 heterocycles. The molecule has 0 unspecified atom stereocenters. The number of anilines is 2. The quantitative estimate of drug-likeness (QED) is 0.312. The van der Waals surface area contributed by atoms with E-state index < -0.39 is 0 Å². The molecule has 6 rings (SSSR count). The molecule has 4 aromatic heterocycles. The van der Waals surface area contributed by atoms with Crippen molar-refractivity contribution in [1.82, 2.24) is 0 Å². The summed E-state index contributed by atoms with van der Waals surface area (Å²) in [6.45, 7) is 0. The first-order valence-corrected chi connectivity index (χ1v) is 11.3. The van der Waals surface area contributed by atoms with Crippen LogP contribution in [0.3, 0.4) is 0 Å². The molecule has 1 nitrogen and oxygen atoms in total. The van der Waals surface area contributed by atoms with Gasteiger partial charge >= 0.3 is 0 Å². The van der Waals surface area contributed by atoms with E-state index in [9.17, 15) is 0 Å². The summed E-state index contributed by atoms with van der Waals surface area (Å²) in [6.07, 6.45) is 0. The summed E-state index contributed by atoms with van der Waals surface area (Å²) in [5, 5.41) is 15.8. The van der Waals surface area contributed by atoms with Crippen molar-refractivity contribution in [3.05, 3.63) is 59.3 Å². The molecular formula is C20H11NS4. The molecule has 0 radical (unpaired) electrons. The zero-order chi connectivity index (χ0) is 16.4. The molecule has 0 aliphatic carbocycles. The second kappa shape index (κ2) is 5.29. The van der Waals surface area contributed by atoms with Gasteiger partial charge in [-0.15, -0.1) is 45.3 Å². The second-order valence-electron chi connectivity index (χ2n) is 5.97. The third-order valence-corrected chi connectivity index (χ3v) is 8.31. The van der Waals surface area contributed by atoms with Crippen LogP contribution in [0.25, 0.3) is 40.3 Å². The normalized spacial score (nSPS) is 12.0. The number of hydrogen-bond donors (Lipinski definition) is 1. The van der Waals surface area contributed by atoms with Crippen molar-refractivity contribution in [1.29, 1.82) is 0 Å². The number of nitrogens with one attached hydrogen (secondary N) is 1. The summed E-state index contributed by atoms with van der Waals surface area (Å²) < 4.78 is 5.40. The summed E-state index contributed by atoms with van der Waals surface area (Å²) in [5.41, 5.74) is 0. The minimum atomic E-state index is 1.21. The Kier molecular flexibility index (Phi) is 3.02. The Balaban J connectivity index is 1.47. The van der Waals surface area contributed by atoms with Gasteiger partial charge in [-0.3, -0.25) is 0 Å². The van der Waals surface area contributed by atoms with Crippen LogP contribution in [0.5, 0.6) is 0 Å². The van der Waals surface area contributed by atoms with Gasteiger partial charge in [0, 0.05) is 40.3 Å². The van der Waals surface area contributed by atoms with Crippen molar-refractivity contribution in [2.24, 2.45) is 0 Å². The predicted molar refractivity (Wildman–Crippen MR) is 118 cm³/mol. The number of thiophene rings is 4. The lowest BCUT2D eigenvalue weighted by atomic mass is 10.2. The van der Waals surface area contributed by atoms with Crippen LogP contribution < -0.4 is 5.32 Å². The molecule has 0 aliphatic rings. The third-order valence-electron chi connectivity index (χ3n) is 4.51. The lowest BCUT2D eigenvalue weighted by Crippen LogP contribution is -1.80. The molecule has 0 bridgehead atoms. The van der Waals surface area contributed by atoms with Gasteiger partial charge in [-0.1, -0.05) is 0 Å². The molecule has 0 aliphatic heterocycles. The van der Waals surface area contributed by atoms with Crippen LogP contribution in [0.1, 0.15) is 0 Å². The van der Waals surface area contributed by atoms with Crippen molar-refractivity contribution < 1.29 is 0 Å². The smallest absolute Gasteiger partial charge is 0.0945 e. The first-order valence-electron chi connectivity index (χ1n) is 7.92. The molecule has 120 valence electrons. The summed E-state index contributed by atoms with van der Waals surface area (Å²) in [7, 11) is 0. The third kappa shape index (κ3) is 2.17. The summed E-state index contributed by atoms with van der Waals surface area (Å²) in [5.74, 6) is 0. The Hall–Kier alpha value is -1.92. The molecule has 0 spiro atoms. The Morgan fingerprint density at radius 2 is 1.00 bits per heavy atom. The molecule has 0 fully saturated rings. The molecule has 2 aromatic carbocycles. The minimum Gasteiger partial charge on any atom is -0.339 e. The molecule has 1 N–H and O–H groups in total. The highest BCUT2D eigenvalue weighted by Crippen LogP contribution is 2.41. The fraction of sp³-hybridized carbons (Fsp3) is 0. The van der Waals surface area contributed by atoms with Gasteiger partial charge in [-0.2, -0.15) is 0 Å². The van der Waals surface area contributed by atoms with Crippen molar-refractivity contribution >= 4 is 95.7 Å². The van der Waals surface area contributed by atoms with E-state index in [2.05, 4.69) is 64.6 Å². The van der Waals surface area contributed by atoms with E-state index >= 15 is 0 Å². The lowest BCUT2D eigenvalue weighted by Gasteiger charge is -1.96. The molecule has 0 atom stereocenters. The first kappa shape index (κ1) is 14.3. The van der Waals surface area contributed by atoms with Gasteiger partial charge in [0.05, 0.1) is 10.0 Å². The van der Waals surface area contributed by atoms with E-state index in [0.29, 0.717) is 0 Å². The summed E-state index contributed by atoms with van der Waals surface area (Å²) >= 11 is 7.27. The van der Waals surface area contributed by atoms with E-state index in [0.717, 1.165) is 0 Å². The highest BCUT2D eigenvalue weighted by molar-refractivity contribution is 7.25. The predicted octanol–water partition coefficient (Wildman–Crippen LogP) is 8.29. The van der Waals surface area contributed by atoms with Crippen molar-refractivity contribution in [2.45, 2.75) is 0 Å². The van der Waals surface area contributed by atoms with E-state index in [4.69, 9.17) is 0 Å². The van der Waals surface area contributed by atoms with Crippen LogP contribution in [-0.4, -0.2) is 0 Å². The highest BCUT2D eigenvalue weighted by Gasteiger charge is 2.10. The molecule has 5 heteroatoms. The monoisotopic (exact) mass is 393 g/mol. The SMILES string of the molecule is c1cc2c(ccc3sc(Nc4cc5c(ccc6sccc65)s4)cc32)s1. The van der Waals surface area contributed by atoms with Crippen LogP contribution >= 0.6 is 45.3 Å². The molecule has 0 amide bonds. The van der Waals surface area contributed by atoms with Crippen LogP contribution in [0.2, 0.25) is 0 Å². The minimum absolute atomic E-state index is 1.21. The van der Waals surface area contributed by atoms with Crippen molar-refractivity contribution in [3.8, 4) is 0 Å². The van der Waals surface area contributed by atoms with Gasteiger partial charge in [0.15, 0.2) is 0 Å². The Morgan fingerprint density at radius 3 is 1.52 bits per heavy atom. The maximum atomic E-state index is 3.64. The number of benzene rings is 2. The fourth-order valence-corrected chi connectivity index (χ4v) is 7.02. The maximum absolute atomic E-state index is 3.64. The van der Waals surface area contributed by atoms with Crippen molar-refractivity contribution in [2.75, 3.05) is 5.32 Å². The zero-order valence-electron chi connectivity index (χ0n) is 12.9. The van der Waals surface area contributed by atoms with Crippen LogP contribution in [0.4, 0.5) is 10.0 Å². The average Bonchev–Trinajstić information content (AvgIpc) is 3.37. The van der Waals surface area contributed by atoms with Gasteiger partial charge in [0.1, 0.15) is 0 Å². The molecule has 6 aromatic rings. The highest BCUT2D eigenvalue weighted by atomic mass is 32.1. The van der Waals surface area contributed by atoms with Gasteiger partial charge in [-0.25, -0.2) is 0 Å². The number of fused-ring (bicyclic) bond motifs is 6. The van der Waals surface area contributed by atoms with E-state index in [-0.39, 0.29) is 0 Å². The average molecular weight is 394 g/mol. The van der Waals surface area contributed by atoms with E-state index in [1.807, 2.05) is 45.3 Å². The summed E-state index contributed by atoms with van der Waals surface area (Å²) in [6, 6.07) is 18.0. The van der Waals surface area contributed by atoms with Gasteiger partial charge in [0.25, 0.3) is 0 Å². The molecule has 0 saturated carbocycles. The fourth-order valence-electron chi connectivity index (χ4n) is 3.37. The van der Waals surface area contributed by atoms with Crippen molar-refractivity contribution in [3.63, 3.8) is 0 Å². The lowest BCUT2D eigenvalue weighted by molar-refractivity contribution is 1.77. The molecule has 0 saturated heterocycles. The zero-order valence-corrected chi connectivity index (χ0v) is 16.2. The Bertz CT molecular complexity index is 1270. The second-order valence-corrected chi connectivity index (χ2v) is 10.0. The van der Waals surface area contributed by atoms with Gasteiger partial charge < -0.3 is 5.32 Å². The van der Waals surface area contributed by atoms with E-state index in [1.54, 1.807) is 0 Å². The number of rotatable bonds is 2. The Labute approximate surface area is 159 Å². The van der Waals surface area contributed by atoms with Crippen LogP contribution in [-0.2, 0) is 0 Å². The molecule has 25 heavy (non-hydrogen) atoms. The maximum Gasteiger partial charge on any atom is 0.0945 e. The van der Waals surface area contributed by atoms with Gasteiger partial charge in [0.2, 0.25) is 0 Å². The number of hydrogen-bond acceptors (Lipinski definition) is 5. The molecular weight excluding hydrogens is 382 g/mol. The topological polar surface area (TPSA) is 12.0 Å². The standard InChI is InChI=1S/C20H11NS4/c1-3-17-13(11-5-7-22-15(1)11)9-19(24-17)21-20-10-14-12-6-8-23-16(12)2-4-18(14)25-20/h1-10,21H.